The minimum atomic E-state index is 0.0258. The number of amides is 2. The Labute approximate surface area is 163 Å². The highest BCUT2D eigenvalue weighted by molar-refractivity contribution is 6.31. The van der Waals surface area contributed by atoms with Gasteiger partial charge in [0.15, 0.2) is 0 Å². The number of rotatable bonds is 3. The lowest BCUT2D eigenvalue weighted by Gasteiger charge is -2.54. The highest BCUT2D eigenvalue weighted by Gasteiger charge is 2.46. The van der Waals surface area contributed by atoms with Crippen LogP contribution in [0.1, 0.15) is 56.6 Å². The number of halogens is 1. The minimum absolute atomic E-state index is 0.0258. The van der Waals surface area contributed by atoms with E-state index in [1.54, 1.807) is 6.20 Å². The maximum absolute atomic E-state index is 12.8. The molecule has 4 fully saturated rings. The van der Waals surface area contributed by atoms with Crippen molar-refractivity contribution in [2.75, 3.05) is 5.32 Å². The molecular formula is C20H24ClN5O. The summed E-state index contributed by atoms with van der Waals surface area (Å²) in [5.74, 6) is 1.03. The molecule has 7 heteroatoms. The Balaban J connectivity index is 1.32. The summed E-state index contributed by atoms with van der Waals surface area (Å²) in [4.78, 5) is 14.8. The number of nitrogens with zero attached hydrogens (tertiary/aromatic N) is 4. The number of hydrogen-bond acceptors (Lipinski definition) is 3. The molecule has 6 rings (SSSR count). The van der Waals surface area contributed by atoms with E-state index in [1.165, 1.54) is 0 Å². The monoisotopic (exact) mass is 385 g/mol. The predicted molar refractivity (Wildman–Crippen MR) is 104 cm³/mol. The number of hydrogen-bond donors (Lipinski definition) is 1. The molecule has 3 heterocycles. The third-order valence-corrected chi connectivity index (χ3v) is 6.92. The van der Waals surface area contributed by atoms with Crippen molar-refractivity contribution in [2.45, 2.75) is 63.1 Å². The highest BCUT2D eigenvalue weighted by Crippen LogP contribution is 2.48. The lowest BCUT2D eigenvalue weighted by Crippen LogP contribution is -2.63. The van der Waals surface area contributed by atoms with Gasteiger partial charge in [-0.2, -0.15) is 0 Å². The van der Waals surface area contributed by atoms with Crippen molar-refractivity contribution in [3.8, 4) is 0 Å². The summed E-state index contributed by atoms with van der Waals surface area (Å²) in [6, 6.07) is 6.95. The minimum Gasteiger partial charge on any atom is -0.318 e. The van der Waals surface area contributed by atoms with Gasteiger partial charge in [-0.1, -0.05) is 23.7 Å². The Morgan fingerprint density at radius 1 is 1.22 bits per heavy atom. The van der Waals surface area contributed by atoms with Crippen LogP contribution >= 0.6 is 11.6 Å². The number of benzene rings is 1. The van der Waals surface area contributed by atoms with Crippen LogP contribution in [-0.4, -0.2) is 38.0 Å². The molecule has 27 heavy (non-hydrogen) atoms. The van der Waals surface area contributed by atoms with Gasteiger partial charge in [0.2, 0.25) is 0 Å². The van der Waals surface area contributed by atoms with E-state index in [0.29, 0.717) is 18.0 Å². The van der Waals surface area contributed by atoms with E-state index in [2.05, 4.69) is 22.6 Å². The Morgan fingerprint density at radius 3 is 2.70 bits per heavy atom. The van der Waals surface area contributed by atoms with Crippen molar-refractivity contribution < 1.29 is 4.79 Å². The molecule has 2 aliphatic heterocycles. The van der Waals surface area contributed by atoms with Crippen molar-refractivity contribution in [3.05, 3.63) is 41.2 Å². The van der Waals surface area contributed by atoms with Crippen LogP contribution in [0.15, 0.2) is 30.6 Å². The fourth-order valence-corrected chi connectivity index (χ4v) is 5.39. The first-order valence-electron chi connectivity index (χ1n) is 9.84. The van der Waals surface area contributed by atoms with Gasteiger partial charge in [0.05, 0.1) is 12.2 Å². The number of carbonyl (C=O) groups excluding carboxylic acids is 1. The standard InChI is InChI=1S/C20H24ClN5O/c1-12-8-14-11-15(9-12)26(14)20(27)23-13-2-4-18(21)17(10-13)16-3-5-19(16)25-7-6-22-24-25/h2,4,6-7,10,12,14-16,19H,3,5,8-9,11H2,1H3,(H,23,27)/t12?,14?,15?,16-,19-/m0/s1. The molecule has 2 bridgehead atoms. The molecule has 1 aromatic carbocycles. The van der Waals surface area contributed by atoms with E-state index >= 15 is 0 Å². The number of fused-ring (bicyclic) bond motifs is 2. The molecule has 6 nitrogen and oxygen atoms in total. The van der Waals surface area contributed by atoms with Crippen molar-refractivity contribution in [2.24, 2.45) is 5.92 Å². The molecule has 2 saturated heterocycles. The first-order chi connectivity index (χ1) is 13.1. The van der Waals surface area contributed by atoms with Gasteiger partial charge in [0, 0.05) is 34.9 Å². The van der Waals surface area contributed by atoms with Gasteiger partial charge >= 0.3 is 6.03 Å². The molecule has 0 radical (unpaired) electrons. The van der Waals surface area contributed by atoms with Crippen LogP contribution in [0.25, 0.3) is 0 Å². The van der Waals surface area contributed by atoms with Crippen LogP contribution < -0.4 is 5.32 Å². The maximum Gasteiger partial charge on any atom is 0.322 e. The zero-order valence-electron chi connectivity index (χ0n) is 15.4. The first-order valence-corrected chi connectivity index (χ1v) is 10.2. The molecule has 2 saturated carbocycles. The summed E-state index contributed by atoms with van der Waals surface area (Å²) in [5, 5.41) is 11.9. The number of anilines is 1. The second kappa shape index (κ2) is 6.51. The Hall–Kier alpha value is -2.08. The molecule has 4 aliphatic rings. The first kappa shape index (κ1) is 17.0. The summed E-state index contributed by atoms with van der Waals surface area (Å²) in [6.45, 7) is 2.28. The largest absolute Gasteiger partial charge is 0.322 e. The van der Waals surface area contributed by atoms with E-state index in [4.69, 9.17) is 11.6 Å². The van der Waals surface area contributed by atoms with Gasteiger partial charge in [0.1, 0.15) is 0 Å². The lowest BCUT2D eigenvalue weighted by molar-refractivity contribution is -0.00601. The SMILES string of the molecule is CC1CC2CC(C1)N2C(=O)Nc1ccc(Cl)c([C@@H]2CC[C@@H]2n2ccnn2)c1. The predicted octanol–water partition coefficient (Wildman–Crippen LogP) is 4.45. The summed E-state index contributed by atoms with van der Waals surface area (Å²) in [7, 11) is 0. The molecule has 4 atom stereocenters. The van der Waals surface area contributed by atoms with Gasteiger partial charge in [0.25, 0.3) is 0 Å². The second-order valence-corrected chi connectivity index (χ2v) is 8.74. The van der Waals surface area contributed by atoms with Crippen LogP contribution in [0, 0.1) is 5.92 Å². The summed E-state index contributed by atoms with van der Waals surface area (Å²) >= 11 is 6.49. The van der Waals surface area contributed by atoms with E-state index in [-0.39, 0.29) is 12.1 Å². The third-order valence-electron chi connectivity index (χ3n) is 6.58. The Kier molecular flexibility index (Phi) is 4.11. The van der Waals surface area contributed by atoms with Crippen LogP contribution in [0.5, 0.6) is 0 Å². The molecule has 2 aromatic rings. The third kappa shape index (κ3) is 2.90. The number of nitrogens with one attached hydrogen (secondary N) is 1. The van der Waals surface area contributed by atoms with Gasteiger partial charge in [-0.3, -0.25) is 0 Å². The van der Waals surface area contributed by atoms with Gasteiger partial charge in [-0.15, -0.1) is 5.10 Å². The quantitative estimate of drug-likeness (QED) is 0.848. The van der Waals surface area contributed by atoms with Crippen molar-refractivity contribution in [3.63, 3.8) is 0 Å². The number of piperidine rings is 1. The van der Waals surface area contributed by atoms with E-state index in [9.17, 15) is 4.79 Å². The van der Waals surface area contributed by atoms with E-state index < -0.39 is 0 Å². The van der Waals surface area contributed by atoms with Crippen LogP contribution in [0.3, 0.4) is 0 Å². The second-order valence-electron chi connectivity index (χ2n) is 8.33. The van der Waals surface area contributed by atoms with Crippen LogP contribution in [0.4, 0.5) is 10.5 Å². The summed E-state index contributed by atoms with van der Waals surface area (Å²) in [5.41, 5.74) is 1.90. The fourth-order valence-electron chi connectivity index (χ4n) is 5.13. The maximum atomic E-state index is 12.8. The highest BCUT2D eigenvalue weighted by atomic mass is 35.5. The molecular weight excluding hydrogens is 362 g/mol. The van der Waals surface area contributed by atoms with Crippen molar-refractivity contribution in [1.29, 1.82) is 0 Å². The molecule has 142 valence electrons. The fraction of sp³-hybridized carbons (Fsp3) is 0.550. The molecule has 0 spiro atoms. The van der Waals surface area contributed by atoms with Crippen LogP contribution in [0.2, 0.25) is 5.02 Å². The van der Waals surface area contributed by atoms with Crippen molar-refractivity contribution >= 4 is 23.3 Å². The molecule has 2 aliphatic carbocycles. The smallest absolute Gasteiger partial charge is 0.318 e. The Bertz CT molecular complexity index is 842. The average molecular weight is 386 g/mol. The van der Waals surface area contributed by atoms with Crippen LogP contribution in [-0.2, 0) is 0 Å². The molecule has 2 amide bonds. The number of carbonyl (C=O) groups is 1. The zero-order chi connectivity index (χ0) is 18.5. The van der Waals surface area contributed by atoms with Crippen molar-refractivity contribution in [1.82, 2.24) is 19.9 Å². The molecule has 2 unspecified atom stereocenters. The normalized spacial score (nSPS) is 31.8. The van der Waals surface area contributed by atoms with Gasteiger partial charge < -0.3 is 10.2 Å². The number of urea groups is 1. The zero-order valence-corrected chi connectivity index (χ0v) is 16.1. The molecule has 1 N–H and O–H groups in total. The lowest BCUT2D eigenvalue weighted by atomic mass is 9.74. The van der Waals surface area contributed by atoms with E-state index in [1.807, 2.05) is 34.0 Å². The summed E-state index contributed by atoms with van der Waals surface area (Å²) < 4.78 is 1.91. The van der Waals surface area contributed by atoms with Gasteiger partial charge in [-0.05, 0) is 61.8 Å². The topological polar surface area (TPSA) is 63.1 Å². The average Bonchev–Trinajstić information content (AvgIpc) is 3.10. The Morgan fingerprint density at radius 2 is 2.04 bits per heavy atom. The van der Waals surface area contributed by atoms with E-state index in [0.717, 1.165) is 54.3 Å². The summed E-state index contributed by atoms with van der Waals surface area (Å²) in [6.07, 6.45) is 9.14. The van der Waals surface area contributed by atoms with Gasteiger partial charge in [-0.25, -0.2) is 9.48 Å². The molecule has 1 aromatic heterocycles. The number of aromatic nitrogens is 3.